The molecule has 1 atom stereocenters. The first kappa shape index (κ1) is 19.4. The van der Waals surface area contributed by atoms with Crippen LogP contribution in [0, 0.1) is 5.82 Å². The fourth-order valence-electron chi connectivity index (χ4n) is 3.72. The highest BCUT2D eigenvalue weighted by molar-refractivity contribution is 6.32. The van der Waals surface area contributed by atoms with Gasteiger partial charge in [0.1, 0.15) is 18.1 Å². The van der Waals surface area contributed by atoms with Gasteiger partial charge in [0.25, 0.3) is 0 Å². The normalized spacial score (nSPS) is 17.0. The third kappa shape index (κ3) is 3.72. The number of fused-ring (bicyclic) bond motifs is 1. The van der Waals surface area contributed by atoms with Crippen LogP contribution >= 0.6 is 11.6 Å². The van der Waals surface area contributed by atoms with Crippen molar-refractivity contribution in [1.82, 2.24) is 19.7 Å². The van der Waals surface area contributed by atoms with E-state index in [1.807, 2.05) is 22.8 Å². The lowest BCUT2D eigenvalue weighted by molar-refractivity contribution is -0.134. The molecule has 29 heavy (non-hydrogen) atoms. The molecule has 1 aliphatic heterocycles. The molecule has 1 fully saturated rings. The Labute approximate surface area is 172 Å². The van der Waals surface area contributed by atoms with Crippen LogP contribution in [0.4, 0.5) is 10.1 Å². The molecule has 1 aromatic carbocycles. The van der Waals surface area contributed by atoms with Crippen LogP contribution in [0.15, 0.2) is 36.8 Å². The molecule has 7 nitrogen and oxygen atoms in total. The van der Waals surface area contributed by atoms with Gasteiger partial charge in [-0.3, -0.25) is 14.5 Å². The Kier molecular flexibility index (Phi) is 5.27. The molecule has 0 saturated carbocycles. The number of amides is 1. The zero-order chi connectivity index (χ0) is 20.5. The number of carbonyl (C=O) groups is 1. The van der Waals surface area contributed by atoms with Gasteiger partial charge < -0.3 is 14.5 Å². The Balaban J connectivity index is 1.47. The molecular formula is C20H21ClFN5O2. The summed E-state index contributed by atoms with van der Waals surface area (Å²) in [6.07, 6.45) is 5.12. The predicted octanol–water partition coefficient (Wildman–Crippen LogP) is 2.97. The maximum atomic E-state index is 14.5. The summed E-state index contributed by atoms with van der Waals surface area (Å²) in [7, 11) is 1.50. The van der Waals surface area contributed by atoms with Crippen molar-refractivity contribution in [3.8, 4) is 5.75 Å². The van der Waals surface area contributed by atoms with E-state index in [9.17, 15) is 9.18 Å². The standard InChI is InChI=1S/C20H21ClFN5O2/c1-13-11-25(17-8-19(29-2)15(21)7-16(17)22)5-6-26(13)20(28)12-27-18-10-23-4-3-14(18)9-24-27/h3-4,7-10,13H,5-6,11-12H2,1-2H3. The predicted molar refractivity (Wildman–Crippen MR) is 109 cm³/mol. The molecule has 9 heteroatoms. The van der Waals surface area contributed by atoms with Crippen molar-refractivity contribution in [2.75, 3.05) is 31.6 Å². The van der Waals surface area contributed by atoms with Crippen LogP contribution in [-0.4, -0.2) is 58.4 Å². The first-order valence-corrected chi connectivity index (χ1v) is 9.68. The third-order valence-electron chi connectivity index (χ3n) is 5.24. The second-order valence-corrected chi connectivity index (χ2v) is 7.46. The van der Waals surface area contributed by atoms with Crippen LogP contribution in [0.2, 0.25) is 5.02 Å². The largest absolute Gasteiger partial charge is 0.495 e. The summed E-state index contributed by atoms with van der Waals surface area (Å²) in [6.45, 7) is 3.61. The lowest BCUT2D eigenvalue weighted by atomic mass is 10.1. The van der Waals surface area contributed by atoms with E-state index in [0.29, 0.717) is 31.1 Å². The summed E-state index contributed by atoms with van der Waals surface area (Å²) in [5, 5.41) is 5.47. The fraction of sp³-hybridized carbons (Fsp3) is 0.350. The number of methoxy groups -OCH3 is 1. The van der Waals surface area contributed by atoms with Crippen molar-refractivity contribution in [3.63, 3.8) is 0 Å². The van der Waals surface area contributed by atoms with Gasteiger partial charge in [0, 0.05) is 43.3 Å². The van der Waals surface area contributed by atoms with Crippen LogP contribution in [0.5, 0.6) is 5.75 Å². The van der Waals surface area contributed by atoms with E-state index in [2.05, 4.69) is 10.1 Å². The highest BCUT2D eigenvalue weighted by Crippen LogP contribution is 2.33. The van der Waals surface area contributed by atoms with Gasteiger partial charge in [-0.1, -0.05) is 11.6 Å². The first-order chi connectivity index (χ1) is 14.0. The van der Waals surface area contributed by atoms with E-state index >= 15 is 0 Å². The zero-order valence-corrected chi connectivity index (χ0v) is 16.9. The number of nitrogens with zero attached hydrogens (tertiary/aromatic N) is 5. The van der Waals surface area contributed by atoms with Gasteiger partial charge in [-0.05, 0) is 19.1 Å². The number of pyridine rings is 1. The number of aromatic nitrogens is 3. The number of rotatable bonds is 4. The molecule has 2 aromatic heterocycles. The van der Waals surface area contributed by atoms with E-state index in [1.54, 1.807) is 29.3 Å². The highest BCUT2D eigenvalue weighted by Gasteiger charge is 2.29. The topological polar surface area (TPSA) is 63.5 Å². The minimum atomic E-state index is -0.404. The number of hydrogen-bond acceptors (Lipinski definition) is 5. The molecule has 1 saturated heterocycles. The Morgan fingerprint density at radius 3 is 2.93 bits per heavy atom. The number of benzene rings is 1. The number of carbonyl (C=O) groups excluding carboxylic acids is 1. The second-order valence-electron chi connectivity index (χ2n) is 7.06. The van der Waals surface area contributed by atoms with Crippen molar-refractivity contribution in [1.29, 1.82) is 0 Å². The zero-order valence-electron chi connectivity index (χ0n) is 16.2. The van der Waals surface area contributed by atoms with Crippen LogP contribution in [0.25, 0.3) is 10.9 Å². The molecule has 1 amide bonds. The fourth-order valence-corrected chi connectivity index (χ4v) is 3.95. The van der Waals surface area contributed by atoms with E-state index in [1.165, 1.54) is 13.2 Å². The molecule has 0 spiro atoms. The van der Waals surface area contributed by atoms with E-state index < -0.39 is 5.82 Å². The van der Waals surface area contributed by atoms with Gasteiger partial charge >= 0.3 is 0 Å². The molecule has 0 aliphatic carbocycles. The van der Waals surface area contributed by atoms with Gasteiger partial charge in [-0.15, -0.1) is 0 Å². The van der Waals surface area contributed by atoms with Crippen molar-refractivity contribution in [2.24, 2.45) is 0 Å². The van der Waals surface area contributed by atoms with Crippen LogP contribution in [0.1, 0.15) is 6.92 Å². The number of hydrogen-bond donors (Lipinski definition) is 0. The maximum absolute atomic E-state index is 14.5. The molecule has 0 bridgehead atoms. The molecule has 3 aromatic rings. The van der Waals surface area contributed by atoms with Gasteiger partial charge in [-0.2, -0.15) is 5.10 Å². The van der Waals surface area contributed by atoms with Crippen LogP contribution in [-0.2, 0) is 11.3 Å². The summed E-state index contributed by atoms with van der Waals surface area (Å²) < 4.78 is 21.3. The smallest absolute Gasteiger partial charge is 0.244 e. The van der Waals surface area contributed by atoms with E-state index in [-0.39, 0.29) is 23.5 Å². The number of piperazine rings is 1. The molecule has 1 unspecified atom stereocenters. The molecule has 0 N–H and O–H groups in total. The average Bonchev–Trinajstić information content (AvgIpc) is 3.11. The van der Waals surface area contributed by atoms with E-state index in [0.717, 1.165) is 10.9 Å². The van der Waals surface area contributed by atoms with Crippen LogP contribution < -0.4 is 9.64 Å². The SMILES string of the molecule is COc1cc(N2CCN(C(=O)Cn3ncc4ccncc43)C(C)C2)c(F)cc1Cl. The molecule has 1 aliphatic rings. The summed E-state index contributed by atoms with van der Waals surface area (Å²) in [5.74, 6) is -0.00755. The van der Waals surface area contributed by atoms with Gasteiger partial charge in [0.2, 0.25) is 5.91 Å². The van der Waals surface area contributed by atoms with Gasteiger partial charge in [0.05, 0.1) is 35.7 Å². The first-order valence-electron chi connectivity index (χ1n) is 9.31. The quantitative estimate of drug-likeness (QED) is 0.653. The van der Waals surface area contributed by atoms with Crippen LogP contribution in [0.3, 0.4) is 0 Å². The van der Waals surface area contributed by atoms with Crippen molar-refractivity contribution >= 4 is 34.1 Å². The van der Waals surface area contributed by atoms with Gasteiger partial charge in [0.15, 0.2) is 0 Å². The summed E-state index contributed by atoms with van der Waals surface area (Å²) in [5.41, 5.74) is 1.25. The Bertz CT molecular complexity index is 1060. The monoisotopic (exact) mass is 417 g/mol. The minimum absolute atomic E-state index is 0.0276. The van der Waals surface area contributed by atoms with Crippen molar-refractivity contribution in [2.45, 2.75) is 19.5 Å². The third-order valence-corrected chi connectivity index (χ3v) is 5.54. The summed E-state index contributed by atoms with van der Waals surface area (Å²) in [4.78, 5) is 20.7. The lowest BCUT2D eigenvalue weighted by Gasteiger charge is -2.41. The highest BCUT2D eigenvalue weighted by atomic mass is 35.5. The summed E-state index contributed by atoms with van der Waals surface area (Å²) >= 11 is 5.99. The Morgan fingerprint density at radius 2 is 2.17 bits per heavy atom. The van der Waals surface area contributed by atoms with Crippen molar-refractivity contribution < 1.29 is 13.9 Å². The molecule has 4 rings (SSSR count). The molecular weight excluding hydrogens is 397 g/mol. The maximum Gasteiger partial charge on any atom is 0.244 e. The Hall–Kier alpha value is -2.87. The number of halogens is 2. The molecule has 0 radical (unpaired) electrons. The summed E-state index contributed by atoms with van der Waals surface area (Å²) in [6, 6.07) is 4.64. The number of ether oxygens (including phenoxy) is 1. The minimum Gasteiger partial charge on any atom is -0.495 e. The molecule has 152 valence electrons. The average molecular weight is 418 g/mol. The molecule has 3 heterocycles. The van der Waals surface area contributed by atoms with Gasteiger partial charge in [-0.25, -0.2) is 4.39 Å². The van der Waals surface area contributed by atoms with Crippen molar-refractivity contribution in [3.05, 3.63) is 47.6 Å². The number of anilines is 1. The lowest BCUT2D eigenvalue weighted by Crippen LogP contribution is -2.55. The van der Waals surface area contributed by atoms with E-state index in [4.69, 9.17) is 16.3 Å². The Morgan fingerprint density at radius 1 is 1.34 bits per heavy atom. The second kappa shape index (κ2) is 7.87.